The third-order valence-corrected chi connectivity index (χ3v) is 3.81. The average Bonchev–Trinajstić information content (AvgIpc) is 2.91. The Kier molecular flexibility index (Phi) is 4.77. The highest BCUT2D eigenvalue weighted by molar-refractivity contribution is 7.13. The molecule has 0 radical (unpaired) electrons. The van der Waals surface area contributed by atoms with E-state index in [9.17, 15) is 13.2 Å². The summed E-state index contributed by atoms with van der Waals surface area (Å²) < 4.78 is 39.3. The zero-order chi connectivity index (χ0) is 14.7. The van der Waals surface area contributed by atoms with Gasteiger partial charge in [-0.05, 0) is 32.0 Å². The Morgan fingerprint density at radius 3 is 2.50 bits per heavy atom. The first-order valence-corrected chi connectivity index (χ1v) is 7.24. The molecule has 20 heavy (non-hydrogen) atoms. The number of nitrogens with one attached hydrogen (secondary N) is 1. The number of rotatable bonds is 5. The maximum Gasteiger partial charge on any atom is 0.194 e. The molecule has 2 rings (SSSR count). The van der Waals surface area contributed by atoms with Crippen molar-refractivity contribution in [3.63, 3.8) is 0 Å². The molecule has 0 bridgehead atoms. The highest BCUT2D eigenvalue weighted by Crippen LogP contribution is 2.28. The Hall–Kier alpha value is -1.40. The molecule has 0 amide bonds. The molecule has 0 saturated heterocycles. The first kappa shape index (κ1) is 15.0. The van der Waals surface area contributed by atoms with E-state index in [1.54, 1.807) is 0 Å². The SMILES string of the molecule is CCCNC(C)c1csc(-c2cc(F)c(F)c(F)c2)n1. The minimum atomic E-state index is -1.46. The van der Waals surface area contributed by atoms with Gasteiger partial charge in [0.2, 0.25) is 0 Å². The number of nitrogens with zero attached hydrogens (tertiary/aromatic N) is 1. The maximum atomic E-state index is 13.2. The predicted molar refractivity (Wildman–Crippen MR) is 74.1 cm³/mol. The fourth-order valence-corrected chi connectivity index (χ4v) is 2.66. The summed E-state index contributed by atoms with van der Waals surface area (Å²) >= 11 is 1.28. The number of benzene rings is 1. The first-order chi connectivity index (χ1) is 9.52. The van der Waals surface area contributed by atoms with Gasteiger partial charge in [0.05, 0.1) is 5.69 Å². The van der Waals surface area contributed by atoms with Gasteiger partial charge in [0.1, 0.15) is 5.01 Å². The van der Waals surface area contributed by atoms with Crippen LogP contribution in [0.15, 0.2) is 17.5 Å². The van der Waals surface area contributed by atoms with Gasteiger partial charge >= 0.3 is 0 Å². The minimum absolute atomic E-state index is 0.0649. The van der Waals surface area contributed by atoms with Crippen LogP contribution in [0.25, 0.3) is 10.6 Å². The van der Waals surface area contributed by atoms with Crippen molar-refractivity contribution in [2.45, 2.75) is 26.3 Å². The quantitative estimate of drug-likeness (QED) is 0.833. The molecule has 0 spiro atoms. The molecule has 1 unspecified atom stereocenters. The smallest absolute Gasteiger partial charge is 0.194 e. The molecular formula is C14H15F3N2S. The molecule has 0 saturated carbocycles. The molecule has 0 aliphatic carbocycles. The Morgan fingerprint density at radius 2 is 1.90 bits per heavy atom. The predicted octanol–water partition coefficient (Wildman–Crippen LogP) is 4.29. The Balaban J connectivity index is 2.24. The number of thiazole rings is 1. The summed E-state index contributed by atoms with van der Waals surface area (Å²) in [4.78, 5) is 4.35. The van der Waals surface area contributed by atoms with E-state index in [1.807, 2.05) is 12.3 Å². The number of aromatic nitrogens is 1. The molecule has 2 aromatic rings. The molecule has 1 aromatic carbocycles. The molecule has 108 valence electrons. The summed E-state index contributed by atoms with van der Waals surface area (Å²) in [5, 5.41) is 5.59. The Morgan fingerprint density at radius 1 is 1.25 bits per heavy atom. The highest BCUT2D eigenvalue weighted by atomic mass is 32.1. The average molecular weight is 300 g/mol. The van der Waals surface area contributed by atoms with Crippen LogP contribution in [0.2, 0.25) is 0 Å². The highest BCUT2D eigenvalue weighted by Gasteiger charge is 2.15. The normalized spacial score (nSPS) is 12.7. The lowest BCUT2D eigenvalue weighted by Gasteiger charge is -2.09. The van der Waals surface area contributed by atoms with Crippen molar-refractivity contribution in [2.75, 3.05) is 6.54 Å². The van der Waals surface area contributed by atoms with E-state index in [0.717, 1.165) is 30.8 Å². The Labute approximate surface area is 119 Å². The zero-order valence-electron chi connectivity index (χ0n) is 11.2. The third kappa shape index (κ3) is 3.19. The van der Waals surface area contributed by atoms with E-state index < -0.39 is 17.5 Å². The molecule has 0 aliphatic heterocycles. The van der Waals surface area contributed by atoms with Gasteiger partial charge in [0, 0.05) is 17.0 Å². The molecular weight excluding hydrogens is 285 g/mol. The van der Waals surface area contributed by atoms with Crippen molar-refractivity contribution in [1.29, 1.82) is 0 Å². The van der Waals surface area contributed by atoms with Crippen LogP contribution in [0.1, 0.15) is 32.0 Å². The standard InChI is InChI=1S/C14H15F3N2S/c1-3-4-18-8(2)12-7-20-14(19-12)9-5-10(15)13(17)11(16)6-9/h5-8,18H,3-4H2,1-2H3. The van der Waals surface area contributed by atoms with Crippen LogP contribution in [0, 0.1) is 17.5 Å². The second-order valence-electron chi connectivity index (χ2n) is 4.51. The van der Waals surface area contributed by atoms with Crippen molar-refractivity contribution < 1.29 is 13.2 Å². The van der Waals surface area contributed by atoms with E-state index in [4.69, 9.17) is 0 Å². The number of hydrogen-bond donors (Lipinski definition) is 1. The van der Waals surface area contributed by atoms with Crippen molar-refractivity contribution in [3.8, 4) is 10.6 Å². The van der Waals surface area contributed by atoms with Crippen molar-refractivity contribution in [1.82, 2.24) is 10.3 Å². The van der Waals surface area contributed by atoms with Gasteiger partial charge in [0.25, 0.3) is 0 Å². The summed E-state index contributed by atoms with van der Waals surface area (Å²) in [6, 6.07) is 1.99. The lowest BCUT2D eigenvalue weighted by atomic mass is 10.2. The van der Waals surface area contributed by atoms with Crippen LogP contribution in [0.4, 0.5) is 13.2 Å². The van der Waals surface area contributed by atoms with E-state index >= 15 is 0 Å². The largest absolute Gasteiger partial charge is 0.309 e. The fourth-order valence-electron chi connectivity index (χ4n) is 1.76. The van der Waals surface area contributed by atoms with E-state index in [1.165, 1.54) is 11.3 Å². The van der Waals surface area contributed by atoms with Gasteiger partial charge in [0.15, 0.2) is 17.5 Å². The Bertz CT molecular complexity index is 575. The second kappa shape index (κ2) is 6.37. The van der Waals surface area contributed by atoms with Crippen molar-refractivity contribution in [3.05, 3.63) is 40.7 Å². The lowest BCUT2D eigenvalue weighted by molar-refractivity contribution is 0.447. The van der Waals surface area contributed by atoms with E-state index in [0.29, 0.717) is 5.01 Å². The van der Waals surface area contributed by atoms with Gasteiger partial charge < -0.3 is 5.32 Å². The monoisotopic (exact) mass is 300 g/mol. The molecule has 1 heterocycles. The van der Waals surface area contributed by atoms with Gasteiger partial charge in [-0.2, -0.15) is 0 Å². The molecule has 1 N–H and O–H groups in total. The summed E-state index contributed by atoms with van der Waals surface area (Å²) in [7, 11) is 0. The van der Waals surface area contributed by atoms with E-state index in [2.05, 4.69) is 17.2 Å². The summed E-state index contributed by atoms with van der Waals surface area (Å²) in [6.07, 6.45) is 1.01. The minimum Gasteiger partial charge on any atom is -0.309 e. The molecule has 0 fully saturated rings. The molecule has 1 aromatic heterocycles. The second-order valence-corrected chi connectivity index (χ2v) is 5.37. The summed E-state index contributed by atoms with van der Waals surface area (Å²) in [5.74, 6) is -3.86. The van der Waals surface area contributed by atoms with Gasteiger partial charge in [-0.3, -0.25) is 0 Å². The molecule has 1 atom stereocenters. The van der Waals surface area contributed by atoms with Crippen LogP contribution in [-0.4, -0.2) is 11.5 Å². The van der Waals surface area contributed by atoms with E-state index in [-0.39, 0.29) is 11.6 Å². The lowest BCUT2D eigenvalue weighted by Crippen LogP contribution is -2.19. The third-order valence-electron chi connectivity index (χ3n) is 2.90. The number of halogens is 3. The molecule has 6 heteroatoms. The zero-order valence-corrected chi connectivity index (χ0v) is 12.0. The maximum absolute atomic E-state index is 13.2. The van der Waals surface area contributed by atoms with Crippen LogP contribution in [0.5, 0.6) is 0 Å². The number of hydrogen-bond acceptors (Lipinski definition) is 3. The van der Waals surface area contributed by atoms with Crippen LogP contribution in [-0.2, 0) is 0 Å². The topological polar surface area (TPSA) is 24.9 Å². The first-order valence-electron chi connectivity index (χ1n) is 6.36. The molecule has 0 aliphatic rings. The van der Waals surface area contributed by atoms with Crippen LogP contribution >= 0.6 is 11.3 Å². The summed E-state index contributed by atoms with van der Waals surface area (Å²) in [6.45, 7) is 4.91. The van der Waals surface area contributed by atoms with Gasteiger partial charge in [-0.25, -0.2) is 18.2 Å². The van der Waals surface area contributed by atoms with Crippen LogP contribution < -0.4 is 5.32 Å². The van der Waals surface area contributed by atoms with Gasteiger partial charge in [-0.1, -0.05) is 6.92 Å². The van der Waals surface area contributed by atoms with Crippen molar-refractivity contribution in [2.24, 2.45) is 0 Å². The fraction of sp³-hybridized carbons (Fsp3) is 0.357. The van der Waals surface area contributed by atoms with Crippen molar-refractivity contribution >= 4 is 11.3 Å². The molecule has 2 nitrogen and oxygen atoms in total. The summed E-state index contributed by atoms with van der Waals surface area (Å²) in [5.41, 5.74) is 1.06. The van der Waals surface area contributed by atoms with Gasteiger partial charge in [-0.15, -0.1) is 11.3 Å². The van der Waals surface area contributed by atoms with Crippen LogP contribution in [0.3, 0.4) is 0 Å².